The maximum absolute atomic E-state index is 13.3. The zero-order valence-electron chi connectivity index (χ0n) is 16.3. The van der Waals surface area contributed by atoms with Crippen LogP contribution < -0.4 is 4.90 Å². The van der Waals surface area contributed by atoms with Crippen molar-refractivity contribution in [3.63, 3.8) is 0 Å². The minimum Gasteiger partial charge on any atom is -0.351 e. The molecule has 1 atom stereocenters. The fourth-order valence-electron chi connectivity index (χ4n) is 3.17. The molecule has 0 saturated heterocycles. The molecule has 3 aromatic heterocycles. The minimum absolute atomic E-state index is 0.104. The molecule has 0 amide bonds. The quantitative estimate of drug-likeness (QED) is 0.448. The number of fused-ring (bicyclic) bond motifs is 1. The highest BCUT2D eigenvalue weighted by molar-refractivity contribution is 6.35. The number of benzene rings is 1. The largest absolute Gasteiger partial charge is 0.416 e. The van der Waals surface area contributed by atoms with Gasteiger partial charge in [0, 0.05) is 37.2 Å². The van der Waals surface area contributed by atoms with Gasteiger partial charge in [-0.2, -0.15) is 13.2 Å². The average Bonchev–Trinajstić information content (AvgIpc) is 2.77. The summed E-state index contributed by atoms with van der Waals surface area (Å²) in [5, 5.41) is 0.0745. The molecule has 0 saturated carbocycles. The van der Waals surface area contributed by atoms with E-state index in [0.29, 0.717) is 17.2 Å². The van der Waals surface area contributed by atoms with Crippen LogP contribution in [0.25, 0.3) is 22.4 Å². The van der Waals surface area contributed by atoms with Crippen molar-refractivity contribution in [2.75, 3.05) is 11.9 Å². The maximum Gasteiger partial charge on any atom is 0.416 e. The summed E-state index contributed by atoms with van der Waals surface area (Å²) in [5.74, 6) is 0.664. The second-order valence-electron chi connectivity index (χ2n) is 6.70. The molecule has 1 aromatic carbocycles. The van der Waals surface area contributed by atoms with Crippen LogP contribution in [0.15, 0.2) is 49.3 Å². The molecule has 0 radical (unpaired) electrons. The van der Waals surface area contributed by atoms with Gasteiger partial charge in [-0.25, -0.2) is 24.9 Å². The number of anilines is 1. The first-order valence-corrected chi connectivity index (χ1v) is 9.47. The van der Waals surface area contributed by atoms with E-state index in [1.165, 1.54) is 18.7 Å². The zero-order valence-corrected chi connectivity index (χ0v) is 17.1. The number of alkyl halides is 3. The monoisotopic (exact) mass is 445 g/mol. The van der Waals surface area contributed by atoms with Crippen LogP contribution in [-0.2, 0) is 6.18 Å². The first-order valence-electron chi connectivity index (χ1n) is 9.10. The Balaban J connectivity index is 1.83. The zero-order chi connectivity index (χ0) is 22.2. The molecule has 0 bridgehead atoms. The fourth-order valence-corrected chi connectivity index (χ4v) is 3.44. The third-order valence-corrected chi connectivity index (χ3v) is 5.10. The first-order chi connectivity index (χ1) is 14.8. The van der Waals surface area contributed by atoms with Gasteiger partial charge in [-0.3, -0.25) is 4.98 Å². The van der Waals surface area contributed by atoms with Gasteiger partial charge in [0.2, 0.25) is 0 Å². The third kappa shape index (κ3) is 3.98. The Labute approximate surface area is 180 Å². The molecular weight excluding hydrogens is 431 g/mol. The number of hydrogen-bond donors (Lipinski definition) is 0. The summed E-state index contributed by atoms with van der Waals surface area (Å²) in [6, 6.07) is 3.11. The highest BCUT2D eigenvalue weighted by Crippen LogP contribution is 2.38. The first kappa shape index (κ1) is 20.9. The van der Waals surface area contributed by atoms with Crippen molar-refractivity contribution in [2.45, 2.75) is 19.1 Å². The van der Waals surface area contributed by atoms with E-state index in [9.17, 15) is 13.2 Å². The van der Waals surface area contributed by atoms with Gasteiger partial charge in [-0.1, -0.05) is 11.6 Å². The molecule has 0 aliphatic heterocycles. The Morgan fingerprint density at radius 1 is 0.935 bits per heavy atom. The van der Waals surface area contributed by atoms with Gasteiger partial charge in [0.15, 0.2) is 5.82 Å². The van der Waals surface area contributed by atoms with Crippen LogP contribution in [0.3, 0.4) is 0 Å². The lowest BCUT2D eigenvalue weighted by molar-refractivity contribution is -0.137. The van der Waals surface area contributed by atoms with E-state index in [-0.39, 0.29) is 21.7 Å². The van der Waals surface area contributed by atoms with Gasteiger partial charge in [0.1, 0.15) is 17.8 Å². The Bertz CT molecular complexity index is 1230. The number of nitrogens with zero attached hydrogens (tertiary/aromatic N) is 7. The molecular formula is C20H15ClF3N7. The second-order valence-corrected chi connectivity index (χ2v) is 7.11. The van der Waals surface area contributed by atoms with Gasteiger partial charge in [-0.15, -0.1) is 0 Å². The van der Waals surface area contributed by atoms with E-state index in [0.717, 1.165) is 12.1 Å². The molecule has 11 heteroatoms. The maximum atomic E-state index is 13.3. The van der Waals surface area contributed by atoms with Gasteiger partial charge < -0.3 is 4.90 Å². The molecule has 4 aromatic rings. The van der Waals surface area contributed by atoms with Crippen LogP contribution in [-0.4, -0.2) is 37.0 Å². The van der Waals surface area contributed by atoms with Gasteiger partial charge in [0.05, 0.1) is 27.8 Å². The van der Waals surface area contributed by atoms with E-state index >= 15 is 0 Å². The molecule has 4 rings (SSSR count). The summed E-state index contributed by atoms with van der Waals surface area (Å²) in [7, 11) is 1.70. The third-order valence-electron chi connectivity index (χ3n) is 4.81. The van der Waals surface area contributed by atoms with E-state index in [4.69, 9.17) is 11.6 Å². The van der Waals surface area contributed by atoms with Crippen LogP contribution in [0.5, 0.6) is 0 Å². The lowest BCUT2D eigenvalue weighted by atomic mass is 10.1. The molecule has 158 valence electrons. The van der Waals surface area contributed by atoms with E-state index in [1.54, 1.807) is 30.4 Å². The van der Waals surface area contributed by atoms with E-state index < -0.39 is 17.8 Å². The number of hydrogen-bond acceptors (Lipinski definition) is 7. The predicted molar refractivity (Wildman–Crippen MR) is 109 cm³/mol. The van der Waals surface area contributed by atoms with Crippen LogP contribution in [0, 0.1) is 0 Å². The summed E-state index contributed by atoms with van der Waals surface area (Å²) in [6.07, 6.45) is 2.94. The molecule has 0 aliphatic rings. The summed E-state index contributed by atoms with van der Waals surface area (Å²) in [5.41, 5.74) is 0.361. The van der Waals surface area contributed by atoms with Crippen molar-refractivity contribution in [3.05, 3.63) is 65.6 Å². The normalized spacial score (nSPS) is 12.7. The Morgan fingerprint density at radius 3 is 2.35 bits per heavy atom. The average molecular weight is 446 g/mol. The smallest absolute Gasteiger partial charge is 0.351 e. The summed E-state index contributed by atoms with van der Waals surface area (Å²) in [4.78, 5) is 27.2. The van der Waals surface area contributed by atoms with E-state index in [1.807, 2.05) is 6.92 Å². The minimum atomic E-state index is -4.56. The number of aromatic nitrogens is 6. The Hall–Kier alpha value is -3.40. The molecule has 0 N–H and O–H groups in total. The van der Waals surface area contributed by atoms with Crippen LogP contribution in [0.1, 0.15) is 24.2 Å². The number of rotatable bonds is 4. The Morgan fingerprint density at radius 2 is 1.65 bits per heavy atom. The highest BCUT2D eigenvalue weighted by atomic mass is 35.5. The summed E-state index contributed by atoms with van der Waals surface area (Å²) >= 11 is 6.10. The summed E-state index contributed by atoms with van der Waals surface area (Å²) < 4.78 is 40.0. The van der Waals surface area contributed by atoms with Crippen molar-refractivity contribution in [1.82, 2.24) is 29.9 Å². The molecule has 7 nitrogen and oxygen atoms in total. The van der Waals surface area contributed by atoms with Crippen LogP contribution >= 0.6 is 11.6 Å². The standard InChI is InChI=1S/C20H15ClF3N7/c1-11(15-17(26-7-6-25-15)18-27-4-3-5-28-18)31(2)19-13-8-12(20(22,23)24)9-14(21)16(13)29-10-30-19/h3-11H,1-2H3. The van der Waals surface area contributed by atoms with Gasteiger partial charge in [-0.05, 0) is 25.1 Å². The molecule has 31 heavy (non-hydrogen) atoms. The van der Waals surface area contributed by atoms with Gasteiger partial charge in [0.25, 0.3) is 0 Å². The van der Waals surface area contributed by atoms with Crippen molar-refractivity contribution >= 4 is 28.3 Å². The molecule has 0 fully saturated rings. The van der Waals surface area contributed by atoms with Crippen molar-refractivity contribution < 1.29 is 13.2 Å². The predicted octanol–water partition coefficient (Wildman–Crippen LogP) is 4.75. The van der Waals surface area contributed by atoms with Crippen molar-refractivity contribution in [1.29, 1.82) is 0 Å². The topological polar surface area (TPSA) is 80.6 Å². The Kier molecular flexibility index (Phi) is 5.40. The SMILES string of the molecule is CC(c1nccnc1-c1ncccn1)N(C)c1ncnc2c(Cl)cc(C(F)(F)F)cc12. The number of halogens is 4. The highest BCUT2D eigenvalue weighted by Gasteiger charge is 2.32. The lowest BCUT2D eigenvalue weighted by Gasteiger charge is -2.27. The van der Waals surface area contributed by atoms with Crippen LogP contribution in [0.2, 0.25) is 5.02 Å². The van der Waals surface area contributed by atoms with Crippen molar-refractivity contribution in [3.8, 4) is 11.5 Å². The van der Waals surface area contributed by atoms with E-state index in [2.05, 4.69) is 29.9 Å². The molecule has 0 spiro atoms. The molecule has 3 heterocycles. The second kappa shape index (κ2) is 8.03. The fraction of sp³-hybridized carbons (Fsp3) is 0.200. The molecule has 0 aliphatic carbocycles. The summed E-state index contributed by atoms with van der Waals surface area (Å²) in [6.45, 7) is 1.83. The van der Waals surface area contributed by atoms with Crippen molar-refractivity contribution in [2.24, 2.45) is 0 Å². The molecule has 1 unspecified atom stereocenters. The van der Waals surface area contributed by atoms with Crippen LogP contribution in [0.4, 0.5) is 19.0 Å². The lowest BCUT2D eigenvalue weighted by Crippen LogP contribution is -2.25. The van der Waals surface area contributed by atoms with Gasteiger partial charge >= 0.3 is 6.18 Å².